The van der Waals surface area contributed by atoms with Crippen molar-refractivity contribution in [3.63, 3.8) is 0 Å². The molecule has 0 heterocycles. The molecule has 7 heteroatoms. The van der Waals surface area contributed by atoms with Crippen molar-refractivity contribution in [2.75, 3.05) is 14.1 Å². The van der Waals surface area contributed by atoms with Gasteiger partial charge < -0.3 is 9.64 Å². The number of halogens is 3. The van der Waals surface area contributed by atoms with E-state index in [-0.39, 0.29) is 17.2 Å². The van der Waals surface area contributed by atoms with Crippen molar-refractivity contribution in [3.8, 4) is 5.75 Å². The van der Waals surface area contributed by atoms with Gasteiger partial charge in [0.1, 0.15) is 5.75 Å². The van der Waals surface area contributed by atoms with Gasteiger partial charge in [-0.25, -0.2) is 4.79 Å². The van der Waals surface area contributed by atoms with Crippen LogP contribution >= 0.6 is 0 Å². The summed E-state index contributed by atoms with van der Waals surface area (Å²) in [6.45, 7) is 0. The number of esters is 1. The van der Waals surface area contributed by atoms with E-state index in [1.807, 2.05) is 0 Å². The maximum Gasteiger partial charge on any atom is 0.491 e. The van der Waals surface area contributed by atoms with Gasteiger partial charge in [0.05, 0.1) is 0 Å². The normalized spacial score (nSPS) is 10.9. The van der Waals surface area contributed by atoms with E-state index < -0.39 is 12.1 Å². The number of amides is 1. The Labute approximate surface area is 101 Å². The van der Waals surface area contributed by atoms with Crippen molar-refractivity contribution in [1.29, 1.82) is 0 Å². The molecule has 1 rings (SSSR count). The molecule has 0 aliphatic rings. The van der Waals surface area contributed by atoms with Crippen LogP contribution in [0, 0.1) is 0 Å². The highest BCUT2D eigenvalue weighted by Crippen LogP contribution is 2.20. The van der Waals surface area contributed by atoms with Gasteiger partial charge in [0.15, 0.2) is 0 Å². The molecule has 1 aromatic rings. The van der Waals surface area contributed by atoms with Crippen LogP contribution in [0.1, 0.15) is 10.4 Å². The summed E-state index contributed by atoms with van der Waals surface area (Å²) in [4.78, 5) is 23.3. The average Bonchev–Trinajstić information content (AvgIpc) is 2.27. The predicted molar refractivity (Wildman–Crippen MR) is 56.1 cm³/mol. The fraction of sp³-hybridized carbons (Fsp3) is 0.273. The highest BCUT2D eigenvalue weighted by Gasteiger charge is 2.41. The van der Waals surface area contributed by atoms with E-state index in [0.29, 0.717) is 0 Å². The SMILES string of the molecule is CN(C)C(=O)c1ccc(OC(=O)C(F)(F)F)cc1. The van der Waals surface area contributed by atoms with E-state index >= 15 is 0 Å². The maximum atomic E-state index is 11.9. The van der Waals surface area contributed by atoms with Crippen LogP contribution in [0.5, 0.6) is 5.75 Å². The minimum absolute atomic E-state index is 0.271. The zero-order chi connectivity index (χ0) is 13.9. The Kier molecular flexibility index (Phi) is 3.95. The topological polar surface area (TPSA) is 46.6 Å². The van der Waals surface area contributed by atoms with Gasteiger partial charge in [-0.2, -0.15) is 13.2 Å². The second kappa shape index (κ2) is 5.07. The van der Waals surface area contributed by atoms with Gasteiger partial charge in [0.25, 0.3) is 5.91 Å². The Morgan fingerprint density at radius 1 is 1.11 bits per heavy atom. The predicted octanol–water partition coefficient (Wildman–Crippen LogP) is 1.86. The molecule has 0 aromatic heterocycles. The highest BCUT2D eigenvalue weighted by molar-refractivity contribution is 5.94. The van der Waals surface area contributed by atoms with Crippen LogP contribution < -0.4 is 4.74 Å². The molecule has 0 radical (unpaired) electrons. The zero-order valence-electron chi connectivity index (χ0n) is 9.62. The Bertz CT molecular complexity index is 452. The molecule has 0 aliphatic heterocycles. The van der Waals surface area contributed by atoms with E-state index in [2.05, 4.69) is 4.74 Å². The highest BCUT2D eigenvalue weighted by atomic mass is 19.4. The third-order valence-electron chi connectivity index (χ3n) is 1.95. The van der Waals surface area contributed by atoms with E-state index in [1.54, 1.807) is 14.1 Å². The lowest BCUT2D eigenvalue weighted by atomic mass is 10.2. The monoisotopic (exact) mass is 261 g/mol. The number of carbonyl (C=O) groups is 2. The summed E-state index contributed by atoms with van der Waals surface area (Å²) < 4.78 is 39.8. The van der Waals surface area contributed by atoms with Gasteiger partial charge in [-0.15, -0.1) is 0 Å². The second-order valence-electron chi connectivity index (χ2n) is 3.61. The average molecular weight is 261 g/mol. The van der Waals surface area contributed by atoms with Crippen LogP contribution in [-0.4, -0.2) is 37.0 Å². The summed E-state index contributed by atoms with van der Waals surface area (Å²) in [5, 5.41) is 0. The van der Waals surface area contributed by atoms with Gasteiger partial charge >= 0.3 is 12.1 Å². The summed E-state index contributed by atoms with van der Waals surface area (Å²) in [5.74, 6) is -2.87. The first-order valence-electron chi connectivity index (χ1n) is 4.82. The van der Waals surface area contributed by atoms with Crippen LogP contribution in [0.15, 0.2) is 24.3 Å². The number of nitrogens with zero attached hydrogens (tertiary/aromatic N) is 1. The molecule has 0 saturated carbocycles. The minimum atomic E-state index is -5.04. The smallest absolute Gasteiger partial charge is 0.420 e. The van der Waals surface area contributed by atoms with Crippen molar-refractivity contribution < 1.29 is 27.5 Å². The van der Waals surface area contributed by atoms with Crippen LogP contribution in [0.4, 0.5) is 13.2 Å². The minimum Gasteiger partial charge on any atom is -0.420 e. The Morgan fingerprint density at radius 2 is 1.61 bits per heavy atom. The third kappa shape index (κ3) is 3.47. The van der Waals surface area contributed by atoms with Crippen LogP contribution in [0.3, 0.4) is 0 Å². The van der Waals surface area contributed by atoms with E-state index in [0.717, 1.165) is 12.1 Å². The fourth-order valence-corrected chi connectivity index (χ4v) is 1.09. The number of alkyl halides is 3. The van der Waals surface area contributed by atoms with Gasteiger partial charge in [-0.3, -0.25) is 4.79 Å². The molecule has 0 fully saturated rings. The molecule has 0 spiro atoms. The number of hydrogen-bond donors (Lipinski definition) is 0. The molecule has 0 saturated heterocycles. The molecule has 0 bridgehead atoms. The molecule has 0 atom stereocenters. The zero-order valence-corrected chi connectivity index (χ0v) is 9.62. The first-order chi connectivity index (χ1) is 8.21. The molecule has 1 amide bonds. The Balaban J connectivity index is 2.78. The summed E-state index contributed by atoms with van der Waals surface area (Å²) in [6.07, 6.45) is -5.04. The molecule has 1 aromatic carbocycles. The van der Waals surface area contributed by atoms with Gasteiger partial charge in [-0.05, 0) is 24.3 Å². The van der Waals surface area contributed by atoms with Crippen LogP contribution in [0.2, 0.25) is 0 Å². The third-order valence-corrected chi connectivity index (χ3v) is 1.95. The quantitative estimate of drug-likeness (QED) is 0.603. The molecule has 0 N–H and O–H groups in total. The first kappa shape index (κ1) is 14.0. The largest absolute Gasteiger partial charge is 0.491 e. The Morgan fingerprint density at radius 3 is 2.00 bits per heavy atom. The molecule has 98 valence electrons. The molecule has 4 nitrogen and oxygen atoms in total. The Hall–Kier alpha value is -2.05. The summed E-state index contributed by atoms with van der Waals surface area (Å²) in [5.41, 5.74) is 0.284. The lowest BCUT2D eigenvalue weighted by molar-refractivity contribution is -0.189. The molecular weight excluding hydrogens is 251 g/mol. The number of ether oxygens (including phenoxy) is 1. The van der Waals surface area contributed by atoms with E-state index in [9.17, 15) is 22.8 Å². The summed E-state index contributed by atoms with van der Waals surface area (Å²) in [7, 11) is 3.08. The van der Waals surface area contributed by atoms with Gasteiger partial charge in [0.2, 0.25) is 0 Å². The molecular formula is C11H10F3NO3. The summed E-state index contributed by atoms with van der Waals surface area (Å²) in [6, 6.07) is 4.81. The van der Waals surface area contributed by atoms with Gasteiger partial charge in [-0.1, -0.05) is 0 Å². The maximum absolute atomic E-state index is 11.9. The second-order valence-corrected chi connectivity index (χ2v) is 3.61. The van der Waals surface area contributed by atoms with Crippen molar-refractivity contribution in [1.82, 2.24) is 4.90 Å². The number of benzene rings is 1. The molecule has 0 aliphatic carbocycles. The lowest BCUT2D eigenvalue weighted by Crippen LogP contribution is -2.28. The van der Waals surface area contributed by atoms with E-state index in [4.69, 9.17) is 0 Å². The number of hydrogen-bond acceptors (Lipinski definition) is 3. The fourth-order valence-electron chi connectivity index (χ4n) is 1.09. The molecule has 18 heavy (non-hydrogen) atoms. The van der Waals surface area contributed by atoms with E-state index in [1.165, 1.54) is 17.0 Å². The van der Waals surface area contributed by atoms with Gasteiger partial charge in [0, 0.05) is 19.7 Å². The van der Waals surface area contributed by atoms with Crippen molar-refractivity contribution in [2.45, 2.75) is 6.18 Å². The first-order valence-corrected chi connectivity index (χ1v) is 4.82. The standard InChI is InChI=1S/C11H10F3NO3/c1-15(2)9(16)7-3-5-8(6-4-7)18-10(17)11(12,13)14/h3-6H,1-2H3. The summed E-state index contributed by atoms with van der Waals surface area (Å²) >= 11 is 0. The van der Waals surface area contributed by atoms with Crippen LogP contribution in [0.25, 0.3) is 0 Å². The van der Waals surface area contributed by atoms with Crippen molar-refractivity contribution in [2.24, 2.45) is 0 Å². The molecule has 0 unspecified atom stereocenters. The lowest BCUT2D eigenvalue weighted by Gasteiger charge is -2.11. The van der Waals surface area contributed by atoms with Crippen molar-refractivity contribution >= 4 is 11.9 Å². The number of carbonyl (C=O) groups excluding carboxylic acids is 2. The number of rotatable bonds is 2. The van der Waals surface area contributed by atoms with Crippen LogP contribution in [-0.2, 0) is 4.79 Å². The van der Waals surface area contributed by atoms with Crippen molar-refractivity contribution in [3.05, 3.63) is 29.8 Å².